The molecule has 0 aliphatic carbocycles. The van der Waals surface area contributed by atoms with E-state index in [-0.39, 0.29) is 36.2 Å². The fourth-order valence-electron chi connectivity index (χ4n) is 8.24. The molecule has 1 spiro atoms. The van der Waals surface area contributed by atoms with Crippen molar-refractivity contribution in [3.8, 4) is 0 Å². The molecule has 2 bridgehead atoms. The number of benzene rings is 2. The number of likely N-dealkylation sites (tertiary alicyclic amines) is 1. The van der Waals surface area contributed by atoms with Crippen molar-refractivity contribution in [2.45, 2.75) is 86.2 Å². The third-order valence-corrected chi connectivity index (χ3v) is 11.4. The van der Waals surface area contributed by atoms with E-state index in [0.29, 0.717) is 31.4 Å². The Kier molecular flexibility index (Phi) is 14.1. The topological polar surface area (TPSA) is 135 Å². The van der Waals surface area contributed by atoms with Gasteiger partial charge in [-0.3, -0.25) is 19.2 Å². The average molecular weight is 795 g/mol. The van der Waals surface area contributed by atoms with Crippen molar-refractivity contribution in [2.75, 3.05) is 33.4 Å². The van der Waals surface area contributed by atoms with E-state index < -0.39 is 66.3 Å². The van der Waals surface area contributed by atoms with Crippen LogP contribution in [-0.4, -0.2) is 107 Å². The molecule has 53 heavy (non-hydrogen) atoms. The summed E-state index contributed by atoms with van der Waals surface area (Å²) in [5.74, 6) is -3.80. The molecule has 0 aromatic heterocycles. The number of methoxy groups -OCH3 is 1. The number of allylic oxidation sites excluding steroid dienone is 1. The summed E-state index contributed by atoms with van der Waals surface area (Å²) in [6, 6.07) is 15.9. The number of amides is 3. The first-order valence-electron chi connectivity index (χ1n) is 18.5. The number of nitrogens with zero attached hydrogens (tertiary/aromatic N) is 2. The minimum atomic E-state index is -1.36. The Morgan fingerprint density at radius 2 is 1.83 bits per heavy atom. The van der Waals surface area contributed by atoms with Crippen LogP contribution in [-0.2, 0) is 39.8 Å². The number of alkyl halides is 1. The van der Waals surface area contributed by atoms with Crippen molar-refractivity contribution < 1.29 is 38.5 Å². The van der Waals surface area contributed by atoms with Gasteiger partial charge in [-0.1, -0.05) is 102 Å². The summed E-state index contributed by atoms with van der Waals surface area (Å²) in [4.78, 5) is 60.2. The fraction of sp³-hybridized carbons (Fsp3) is 0.512. The van der Waals surface area contributed by atoms with Crippen LogP contribution >= 0.6 is 15.9 Å². The van der Waals surface area contributed by atoms with Crippen LogP contribution in [0.5, 0.6) is 0 Å². The quantitative estimate of drug-likeness (QED) is 0.114. The molecule has 3 aliphatic rings. The van der Waals surface area contributed by atoms with Crippen LogP contribution in [0.1, 0.15) is 56.3 Å². The molecule has 3 fully saturated rings. The van der Waals surface area contributed by atoms with Crippen LogP contribution in [0.3, 0.4) is 0 Å². The number of nitrogens with one attached hydrogen (secondary N) is 1. The highest BCUT2D eigenvalue weighted by Crippen LogP contribution is 2.61. The first kappa shape index (κ1) is 40.3. The van der Waals surface area contributed by atoms with Crippen molar-refractivity contribution >= 4 is 39.6 Å². The van der Waals surface area contributed by atoms with Gasteiger partial charge in [-0.2, -0.15) is 0 Å². The minimum absolute atomic E-state index is 0.0452. The zero-order chi connectivity index (χ0) is 38.1. The van der Waals surface area contributed by atoms with Gasteiger partial charge in [0, 0.05) is 31.4 Å². The average Bonchev–Trinajstić information content (AvgIpc) is 3.77. The molecule has 2 aromatic carbocycles. The predicted octanol–water partition coefficient (Wildman–Crippen LogP) is 4.53. The summed E-state index contributed by atoms with van der Waals surface area (Å²) in [6.07, 6.45) is 4.45. The second kappa shape index (κ2) is 18.5. The second-order valence-electron chi connectivity index (χ2n) is 14.1. The van der Waals surface area contributed by atoms with Gasteiger partial charge in [-0.25, -0.2) is 0 Å². The fourth-order valence-corrected chi connectivity index (χ4v) is 9.18. The lowest BCUT2D eigenvalue weighted by Crippen LogP contribution is -2.59. The van der Waals surface area contributed by atoms with Gasteiger partial charge in [0.25, 0.3) is 0 Å². The van der Waals surface area contributed by atoms with Crippen LogP contribution in [0.4, 0.5) is 0 Å². The maximum Gasteiger partial charge on any atom is 0.313 e. The summed E-state index contributed by atoms with van der Waals surface area (Å²) in [5, 5.41) is 13.8. The van der Waals surface area contributed by atoms with Gasteiger partial charge in [0.1, 0.15) is 17.7 Å². The van der Waals surface area contributed by atoms with Gasteiger partial charge >= 0.3 is 5.97 Å². The Hall–Kier alpha value is -3.84. The molecule has 2 N–H and O–H groups in total. The molecular weight excluding hydrogens is 742 g/mol. The SMILES string of the molecule is C=CCCC(=O)N[C@@H](COC)[C@@H](OC(=O)[C@@H]1[C@H]2O[C@@]3(CC2Br)[C@H](C(=O)N(CC=C)CCCC)N([C@@H](CO)Cc2ccccc2)C(=O)[C@@H]13)c1ccccc1. The summed E-state index contributed by atoms with van der Waals surface area (Å²) < 4.78 is 18.6. The molecular formula is C41H52BrN3O8. The Morgan fingerprint density at radius 1 is 1.13 bits per heavy atom. The maximum atomic E-state index is 15.0. The van der Waals surface area contributed by atoms with Gasteiger partial charge in [0.2, 0.25) is 17.7 Å². The number of hydrogen-bond acceptors (Lipinski definition) is 8. The molecule has 2 aromatic rings. The molecule has 5 rings (SSSR count). The summed E-state index contributed by atoms with van der Waals surface area (Å²) >= 11 is 3.75. The molecule has 3 heterocycles. The molecule has 3 saturated heterocycles. The van der Waals surface area contributed by atoms with Gasteiger partial charge in [-0.15, -0.1) is 13.2 Å². The summed E-state index contributed by atoms with van der Waals surface area (Å²) in [7, 11) is 1.50. The van der Waals surface area contributed by atoms with E-state index in [1.54, 1.807) is 29.2 Å². The highest BCUT2D eigenvalue weighted by atomic mass is 79.9. The highest BCUT2D eigenvalue weighted by molar-refractivity contribution is 9.09. The smallest absolute Gasteiger partial charge is 0.313 e. The molecule has 9 atom stereocenters. The normalized spacial score (nSPS) is 26.0. The Balaban J connectivity index is 1.55. The molecule has 3 aliphatic heterocycles. The number of rotatable bonds is 20. The first-order chi connectivity index (χ1) is 25.6. The highest BCUT2D eigenvalue weighted by Gasteiger charge is 2.77. The molecule has 1 unspecified atom stereocenters. The van der Waals surface area contributed by atoms with Crippen molar-refractivity contribution in [3.05, 3.63) is 97.1 Å². The molecule has 11 nitrogen and oxygen atoms in total. The Bertz CT molecular complexity index is 1590. The predicted molar refractivity (Wildman–Crippen MR) is 204 cm³/mol. The molecule has 3 amide bonds. The third-order valence-electron chi connectivity index (χ3n) is 10.6. The van der Waals surface area contributed by atoms with E-state index in [9.17, 15) is 24.3 Å². The standard InChI is InChI=1S/C41H52BrN3O8/c1-5-8-20-32(47)43-31(26-51-4)35(28-18-14-11-15-19-28)52-40(50)33-34-38(48)45(29(25-46)23-27-16-12-10-13-17-27)37(41(34)24-30(42)36(33)53-41)39(49)44(21-7-3)22-9-6-2/h5,7,10-19,29-31,33-37,46H,1,3,6,8-9,20-26H2,2,4H3,(H,43,47)/t29-,30?,31+,33+,34-,35+,36+,37+,41-/m1/s1. The lowest BCUT2D eigenvalue weighted by Gasteiger charge is -2.39. The number of aliphatic hydroxyl groups excluding tert-OH is 1. The monoisotopic (exact) mass is 793 g/mol. The largest absolute Gasteiger partial charge is 0.455 e. The molecule has 12 heteroatoms. The van der Waals surface area contributed by atoms with Gasteiger partial charge in [0.05, 0.1) is 43.2 Å². The van der Waals surface area contributed by atoms with Crippen LogP contribution in [0.15, 0.2) is 86.0 Å². The van der Waals surface area contributed by atoms with Crippen LogP contribution in [0.2, 0.25) is 0 Å². The minimum Gasteiger partial charge on any atom is -0.455 e. The number of esters is 1. The number of unbranched alkanes of at least 4 members (excludes halogenated alkanes) is 1. The van der Waals surface area contributed by atoms with E-state index in [0.717, 1.165) is 18.4 Å². The van der Waals surface area contributed by atoms with Crippen molar-refractivity contribution in [2.24, 2.45) is 11.8 Å². The summed E-state index contributed by atoms with van der Waals surface area (Å²) in [6.45, 7) is 9.98. The Morgan fingerprint density at radius 3 is 2.45 bits per heavy atom. The van der Waals surface area contributed by atoms with E-state index in [4.69, 9.17) is 14.2 Å². The third kappa shape index (κ3) is 8.46. The molecule has 0 saturated carbocycles. The van der Waals surface area contributed by atoms with E-state index >= 15 is 0 Å². The van der Waals surface area contributed by atoms with Gasteiger partial charge < -0.3 is 34.4 Å². The van der Waals surface area contributed by atoms with Gasteiger partial charge in [0.15, 0.2) is 0 Å². The van der Waals surface area contributed by atoms with E-state index in [1.807, 2.05) is 55.5 Å². The number of fused-ring (bicyclic) bond motifs is 1. The maximum absolute atomic E-state index is 15.0. The van der Waals surface area contributed by atoms with Crippen LogP contribution in [0.25, 0.3) is 0 Å². The van der Waals surface area contributed by atoms with Gasteiger partial charge in [-0.05, 0) is 36.8 Å². The lowest BCUT2D eigenvalue weighted by molar-refractivity contribution is -0.163. The summed E-state index contributed by atoms with van der Waals surface area (Å²) in [5.41, 5.74) is 0.158. The number of hydrogen-bond donors (Lipinski definition) is 2. The number of carbonyl (C=O) groups excluding carboxylic acids is 4. The number of halogens is 1. The molecule has 286 valence electrons. The van der Waals surface area contributed by atoms with Crippen LogP contribution in [0, 0.1) is 11.8 Å². The lowest BCUT2D eigenvalue weighted by atomic mass is 9.70. The Labute approximate surface area is 320 Å². The molecule has 0 radical (unpaired) electrons. The van der Waals surface area contributed by atoms with Crippen molar-refractivity contribution in [3.63, 3.8) is 0 Å². The zero-order valence-corrected chi connectivity index (χ0v) is 32.2. The number of carbonyl (C=O) groups is 4. The van der Waals surface area contributed by atoms with E-state index in [2.05, 4.69) is 34.4 Å². The second-order valence-corrected chi connectivity index (χ2v) is 15.3. The first-order valence-corrected chi connectivity index (χ1v) is 19.4. The number of aliphatic hydroxyl groups is 1. The number of ether oxygens (including phenoxy) is 3. The van der Waals surface area contributed by atoms with E-state index in [1.165, 1.54) is 12.0 Å². The zero-order valence-electron chi connectivity index (χ0n) is 30.6. The van der Waals surface area contributed by atoms with Crippen molar-refractivity contribution in [1.82, 2.24) is 15.1 Å². The van der Waals surface area contributed by atoms with Crippen LogP contribution < -0.4 is 5.32 Å². The van der Waals surface area contributed by atoms with Crippen molar-refractivity contribution in [1.29, 1.82) is 0 Å².